The SMILES string of the molecule is CC(CO)(Cc1cccc(F)c1)Nc1ccc(F)cc1. The fourth-order valence-electron chi connectivity index (χ4n) is 2.12. The highest BCUT2D eigenvalue weighted by molar-refractivity contribution is 5.46. The maximum Gasteiger partial charge on any atom is 0.123 e. The van der Waals surface area contributed by atoms with Gasteiger partial charge in [0, 0.05) is 5.69 Å². The van der Waals surface area contributed by atoms with Crippen LogP contribution < -0.4 is 5.32 Å². The lowest BCUT2D eigenvalue weighted by molar-refractivity contribution is 0.222. The lowest BCUT2D eigenvalue weighted by Gasteiger charge is -2.30. The van der Waals surface area contributed by atoms with E-state index in [1.807, 2.05) is 13.0 Å². The standard InChI is InChI=1S/C16H17F2NO/c1-16(11-20,10-12-3-2-4-14(18)9-12)19-15-7-5-13(17)6-8-15/h2-9,19-20H,10-11H2,1H3. The van der Waals surface area contributed by atoms with Crippen molar-refractivity contribution in [2.75, 3.05) is 11.9 Å². The van der Waals surface area contributed by atoms with Gasteiger partial charge in [-0.1, -0.05) is 12.1 Å². The predicted molar refractivity (Wildman–Crippen MR) is 75.6 cm³/mol. The van der Waals surface area contributed by atoms with Crippen molar-refractivity contribution in [1.29, 1.82) is 0 Å². The van der Waals surface area contributed by atoms with Gasteiger partial charge >= 0.3 is 0 Å². The van der Waals surface area contributed by atoms with Gasteiger partial charge < -0.3 is 10.4 Å². The number of nitrogens with one attached hydrogen (secondary N) is 1. The van der Waals surface area contributed by atoms with Crippen molar-refractivity contribution in [3.8, 4) is 0 Å². The zero-order chi connectivity index (χ0) is 14.6. The Morgan fingerprint density at radius 1 is 1.05 bits per heavy atom. The minimum Gasteiger partial charge on any atom is -0.394 e. The van der Waals surface area contributed by atoms with Crippen LogP contribution in [-0.2, 0) is 6.42 Å². The van der Waals surface area contributed by atoms with Crippen molar-refractivity contribution in [3.05, 3.63) is 65.7 Å². The summed E-state index contributed by atoms with van der Waals surface area (Å²) in [5.74, 6) is -0.615. The molecule has 2 rings (SSSR count). The van der Waals surface area contributed by atoms with Crippen LogP contribution in [0.5, 0.6) is 0 Å². The van der Waals surface area contributed by atoms with Crippen molar-refractivity contribution in [2.24, 2.45) is 0 Å². The largest absolute Gasteiger partial charge is 0.394 e. The van der Waals surface area contributed by atoms with Gasteiger partial charge in [0.1, 0.15) is 11.6 Å². The molecule has 106 valence electrons. The molecule has 2 aromatic rings. The van der Waals surface area contributed by atoms with E-state index >= 15 is 0 Å². The van der Waals surface area contributed by atoms with Gasteiger partial charge in [-0.15, -0.1) is 0 Å². The molecule has 2 nitrogen and oxygen atoms in total. The minimum atomic E-state index is -0.647. The molecule has 0 bridgehead atoms. The molecule has 20 heavy (non-hydrogen) atoms. The number of anilines is 1. The Balaban J connectivity index is 2.14. The average Bonchev–Trinajstić information content (AvgIpc) is 2.41. The van der Waals surface area contributed by atoms with Gasteiger partial charge in [-0.05, 0) is 55.3 Å². The molecule has 0 aliphatic carbocycles. The summed E-state index contributed by atoms with van der Waals surface area (Å²) < 4.78 is 26.1. The number of halogens is 2. The second kappa shape index (κ2) is 6.01. The Bertz CT molecular complexity index is 571. The predicted octanol–water partition coefficient (Wildman–Crippen LogP) is 3.37. The van der Waals surface area contributed by atoms with E-state index in [2.05, 4.69) is 5.32 Å². The summed E-state index contributed by atoms with van der Waals surface area (Å²) >= 11 is 0. The van der Waals surface area contributed by atoms with Crippen molar-refractivity contribution >= 4 is 5.69 Å². The first-order valence-electron chi connectivity index (χ1n) is 6.40. The summed E-state index contributed by atoms with van der Waals surface area (Å²) in [5.41, 5.74) is 0.849. The molecule has 0 saturated heterocycles. The van der Waals surface area contributed by atoms with Gasteiger partial charge in [0.05, 0.1) is 12.1 Å². The van der Waals surface area contributed by atoms with Gasteiger partial charge in [0.15, 0.2) is 0 Å². The van der Waals surface area contributed by atoms with Gasteiger partial charge in [-0.3, -0.25) is 0 Å². The molecule has 0 aliphatic rings. The van der Waals surface area contributed by atoms with Crippen LogP contribution >= 0.6 is 0 Å². The van der Waals surface area contributed by atoms with E-state index in [1.165, 1.54) is 24.3 Å². The molecule has 0 radical (unpaired) electrons. The van der Waals surface area contributed by atoms with Crippen LogP contribution in [0.2, 0.25) is 0 Å². The highest BCUT2D eigenvalue weighted by Gasteiger charge is 2.23. The van der Waals surface area contributed by atoms with E-state index in [-0.39, 0.29) is 18.2 Å². The molecule has 0 amide bonds. The third-order valence-corrected chi connectivity index (χ3v) is 3.12. The van der Waals surface area contributed by atoms with Crippen LogP contribution in [0.25, 0.3) is 0 Å². The fourth-order valence-corrected chi connectivity index (χ4v) is 2.12. The highest BCUT2D eigenvalue weighted by Crippen LogP contribution is 2.20. The summed E-state index contributed by atoms with van der Waals surface area (Å²) in [6, 6.07) is 12.2. The van der Waals surface area contributed by atoms with Gasteiger partial charge in [-0.25, -0.2) is 8.78 Å². The minimum absolute atomic E-state index is 0.124. The van der Waals surface area contributed by atoms with Crippen molar-refractivity contribution in [3.63, 3.8) is 0 Å². The smallest absolute Gasteiger partial charge is 0.123 e. The maximum absolute atomic E-state index is 13.2. The van der Waals surface area contributed by atoms with Crippen LogP contribution in [0.1, 0.15) is 12.5 Å². The van der Waals surface area contributed by atoms with Crippen molar-refractivity contribution < 1.29 is 13.9 Å². The van der Waals surface area contributed by atoms with E-state index < -0.39 is 5.54 Å². The lowest BCUT2D eigenvalue weighted by Crippen LogP contribution is -2.41. The summed E-state index contributed by atoms with van der Waals surface area (Å²) in [4.78, 5) is 0. The molecule has 0 heterocycles. The third-order valence-electron chi connectivity index (χ3n) is 3.12. The summed E-state index contributed by atoms with van der Waals surface area (Å²) in [7, 11) is 0. The Morgan fingerprint density at radius 3 is 2.35 bits per heavy atom. The molecule has 0 aromatic heterocycles. The third kappa shape index (κ3) is 3.78. The molecule has 1 atom stereocenters. The van der Waals surface area contributed by atoms with Gasteiger partial charge in [-0.2, -0.15) is 0 Å². The van der Waals surface area contributed by atoms with Gasteiger partial charge in [0.25, 0.3) is 0 Å². The molecule has 0 aliphatic heterocycles. The van der Waals surface area contributed by atoms with E-state index in [0.29, 0.717) is 12.1 Å². The zero-order valence-electron chi connectivity index (χ0n) is 11.2. The molecule has 1 unspecified atom stereocenters. The highest BCUT2D eigenvalue weighted by atomic mass is 19.1. The number of aliphatic hydroxyl groups excluding tert-OH is 1. The first kappa shape index (κ1) is 14.5. The molecular weight excluding hydrogens is 260 g/mol. The monoisotopic (exact) mass is 277 g/mol. The Morgan fingerprint density at radius 2 is 1.75 bits per heavy atom. The van der Waals surface area contributed by atoms with E-state index in [1.54, 1.807) is 18.2 Å². The summed E-state index contributed by atoms with van der Waals surface area (Å²) in [5, 5.41) is 12.8. The quantitative estimate of drug-likeness (QED) is 0.878. The van der Waals surface area contributed by atoms with Crippen LogP contribution in [0.3, 0.4) is 0 Å². The van der Waals surface area contributed by atoms with Crippen molar-refractivity contribution in [2.45, 2.75) is 18.9 Å². The van der Waals surface area contributed by atoms with E-state index in [9.17, 15) is 13.9 Å². The Kier molecular flexibility index (Phi) is 4.35. The summed E-state index contributed by atoms with van der Waals surface area (Å²) in [6.07, 6.45) is 0.457. The van der Waals surface area contributed by atoms with Gasteiger partial charge in [0.2, 0.25) is 0 Å². The van der Waals surface area contributed by atoms with Crippen LogP contribution in [0.4, 0.5) is 14.5 Å². The van der Waals surface area contributed by atoms with Crippen LogP contribution in [0, 0.1) is 11.6 Å². The Hall–Kier alpha value is -1.94. The normalized spacial score (nSPS) is 13.8. The number of aliphatic hydroxyl groups is 1. The molecule has 0 saturated carbocycles. The first-order chi connectivity index (χ1) is 9.50. The van der Waals surface area contributed by atoms with Crippen molar-refractivity contribution in [1.82, 2.24) is 0 Å². The van der Waals surface area contributed by atoms with Crippen LogP contribution in [-0.4, -0.2) is 17.3 Å². The topological polar surface area (TPSA) is 32.3 Å². The van der Waals surface area contributed by atoms with E-state index in [4.69, 9.17) is 0 Å². The maximum atomic E-state index is 13.2. The number of hydrogen-bond donors (Lipinski definition) is 2. The number of hydrogen-bond acceptors (Lipinski definition) is 2. The van der Waals surface area contributed by atoms with E-state index in [0.717, 1.165) is 5.56 Å². The number of benzene rings is 2. The summed E-state index contributed by atoms with van der Waals surface area (Å²) in [6.45, 7) is 1.71. The zero-order valence-corrected chi connectivity index (χ0v) is 11.2. The molecule has 2 aromatic carbocycles. The average molecular weight is 277 g/mol. The second-order valence-electron chi connectivity index (χ2n) is 5.16. The first-order valence-corrected chi connectivity index (χ1v) is 6.40. The second-order valence-corrected chi connectivity index (χ2v) is 5.16. The fraction of sp³-hybridized carbons (Fsp3) is 0.250. The number of rotatable bonds is 5. The molecular formula is C16H17F2NO. The van der Waals surface area contributed by atoms with Crippen LogP contribution in [0.15, 0.2) is 48.5 Å². The molecule has 2 N–H and O–H groups in total. The molecule has 4 heteroatoms. The Labute approximate surface area is 117 Å². The molecule has 0 spiro atoms. The molecule has 0 fully saturated rings. The lowest BCUT2D eigenvalue weighted by atomic mass is 9.93.